The number of cyclic esters (lactones) is 1. The van der Waals surface area contributed by atoms with Crippen molar-refractivity contribution in [1.82, 2.24) is 29.3 Å². The van der Waals surface area contributed by atoms with Crippen molar-refractivity contribution in [2.75, 3.05) is 32.0 Å². The molecule has 0 saturated carbocycles. The summed E-state index contributed by atoms with van der Waals surface area (Å²) in [5, 5.41) is 0. The first-order valence-electron chi connectivity index (χ1n) is 17.8. The number of hydrogen-bond donors (Lipinski definition) is 1. The summed E-state index contributed by atoms with van der Waals surface area (Å²) in [5.74, 6) is 0.767. The lowest BCUT2D eigenvalue weighted by Crippen LogP contribution is -2.45. The van der Waals surface area contributed by atoms with Crippen LogP contribution in [0.25, 0.3) is 39.5 Å². The van der Waals surface area contributed by atoms with Crippen molar-refractivity contribution in [1.29, 1.82) is 0 Å². The first-order valence-corrected chi connectivity index (χ1v) is 17.8. The molecule has 9 heteroatoms. The molecule has 2 N–H and O–H groups in total. The van der Waals surface area contributed by atoms with E-state index in [4.69, 9.17) is 20.4 Å². The third-order valence-corrected chi connectivity index (χ3v) is 8.97. The van der Waals surface area contributed by atoms with Crippen LogP contribution in [-0.4, -0.2) is 67.6 Å². The molecule has 7 rings (SSSR count). The molecule has 260 valence electrons. The number of piperidine rings is 1. The molecule has 0 bridgehead atoms. The van der Waals surface area contributed by atoms with E-state index >= 15 is 0 Å². The molecule has 9 nitrogen and oxygen atoms in total. The van der Waals surface area contributed by atoms with Crippen LogP contribution in [0.5, 0.6) is 0 Å². The van der Waals surface area contributed by atoms with E-state index in [1.165, 1.54) is 5.56 Å². The Morgan fingerprint density at radius 2 is 1.58 bits per heavy atom. The van der Waals surface area contributed by atoms with Gasteiger partial charge in [0.2, 0.25) is 0 Å². The average molecular weight is 672 g/mol. The topological polar surface area (TPSA) is 102 Å². The molecular formula is C41H49N7O2. The number of esters is 1. The van der Waals surface area contributed by atoms with E-state index in [-0.39, 0.29) is 5.97 Å². The Balaban J connectivity index is 0.00000117. The van der Waals surface area contributed by atoms with Gasteiger partial charge in [0.1, 0.15) is 11.3 Å². The van der Waals surface area contributed by atoms with Gasteiger partial charge in [0.15, 0.2) is 11.5 Å². The zero-order valence-corrected chi connectivity index (χ0v) is 29.8. The zero-order chi connectivity index (χ0) is 35.6. The minimum Gasteiger partial charge on any atom is -0.462 e. The highest BCUT2D eigenvalue weighted by Crippen LogP contribution is 2.32. The summed E-state index contributed by atoms with van der Waals surface area (Å²) in [7, 11) is 0. The highest BCUT2D eigenvalue weighted by molar-refractivity contribution is 5.92. The summed E-state index contributed by atoms with van der Waals surface area (Å²) >= 11 is 0. The predicted octanol–water partition coefficient (Wildman–Crippen LogP) is 8.07. The molecule has 2 aliphatic heterocycles. The molecule has 0 unspecified atom stereocenters. The fourth-order valence-corrected chi connectivity index (χ4v) is 6.47. The third-order valence-electron chi connectivity index (χ3n) is 8.97. The Bertz CT molecular complexity index is 1910. The van der Waals surface area contributed by atoms with Gasteiger partial charge in [-0.25, -0.2) is 19.7 Å². The maximum atomic E-state index is 12.2. The number of benzene rings is 2. The second kappa shape index (κ2) is 16.9. The number of hydrogen-bond acceptors (Lipinski definition) is 8. The number of anilines is 1. The summed E-state index contributed by atoms with van der Waals surface area (Å²) in [6.07, 6.45) is 4.50. The molecule has 0 radical (unpaired) electrons. The fourth-order valence-electron chi connectivity index (χ4n) is 6.47. The molecule has 0 aliphatic carbocycles. The van der Waals surface area contributed by atoms with Gasteiger partial charge in [-0.2, -0.15) is 0 Å². The van der Waals surface area contributed by atoms with Crippen LogP contribution in [-0.2, 0) is 16.1 Å². The maximum absolute atomic E-state index is 12.2. The Labute approximate surface area is 296 Å². The number of nitrogens with zero attached hydrogens (tertiary/aromatic N) is 6. The molecule has 50 heavy (non-hydrogen) atoms. The lowest BCUT2D eigenvalue weighted by Gasteiger charge is -2.41. The molecule has 2 saturated heterocycles. The van der Waals surface area contributed by atoms with Crippen LogP contribution >= 0.6 is 0 Å². The standard InChI is InChI=1S/C37H37N7O2.2C2H6/c1-25-26(2)43(20-7-23-46-37(25)45)29-17-21-42(22-18-29)24-27-11-13-30(14-12-27)44-35(31-10-6-19-39-34(31)38)41-33-16-15-32(40-36(33)44)28-8-4-3-5-9-28;2*1-2/h3-6,8-16,19,29H,1-2,7,17-18,20-24H2,(H2,38,39);2*1-2H3. The minimum atomic E-state index is -0.359. The van der Waals surface area contributed by atoms with Crippen molar-refractivity contribution in [2.24, 2.45) is 0 Å². The first-order chi connectivity index (χ1) is 24.5. The van der Waals surface area contributed by atoms with Crippen LogP contribution in [0.15, 0.2) is 109 Å². The summed E-state index contributed by atoms with van der Waals surface area (Å²) in [4.78, 5) is 31.3. The van der Waals surface area contributed by atoms with Crippen molar-refractivity contribution in [3.8, 4) is 28.3 Å². The Morgan fingerprint density at radius 3 is 2.28 bits per heavy atom. The van der Waals surface area contributed by atoms with Gasteiger partial charge in [0, 0.05) is 55.4 Å². The molecule has 2 aliphatic rings. The number of rotatable bonds is 6. The van der Waals surface area contributed by atoms with Crippen molar-refractivity contribution in [3.05, 3.63) is 115 Å². The minimum absolute atomic E-state index is 0.343. The number of imidazole rings is 1. The second-order valence-corrected chi connectivity index (χ2v) is 11.9. The van der Waals surface area contributed by atoms with Crippen LogP contribution in [0, 0.1) is 0 Å². The second-order valence-electron chi connectivity index (χ2n) is 11.9. The van der Waals surface area contributed by atoms with Crippen molar-refractivity contribution in [3.63, 3.8) is 0 Å². The molecule has 5 aromatic rings. The molecule has 0 atom stereocenters. The summed E-state index contributed by atoms with van der Waals surface area (Å²) in [5.41, 5.74) is 13.8. The summed E-state index contributed by atoms with van der Waals surface area (Å²) < 4.78 is 7.32. The van der Waals surface area contributed by atoms with Gasteiger partial charge in [-0.1, -0.05) is 83.3 Å². The van der Waals surface area contributed by atoms with Gasteiger partial charge < -0.3 is 15.4 Å². The smallest absolute Gasteiger partial charge is 0.339 e. The molecule has 0 amide bonds. The van der Waals surface area contributed by atoms with E-state index in [0.717, 1.165) is 79.1 Å². The lowest BCUT2D eigenvalue weighted by molar-refractivity contribution is -0.139. The largest absolute Gasteiger partial charge is 0.462 e. The number of pyridine rings is 2. The van der Waals surface area contributed by atoms with Gasteiger partial charge in [-0.15, -0.1) is 0 Å². The number of nitrogens with two attached hydrogens (primary N) is 1. The van der Waals surface area contributed by atoms with Crippen LogP contribution in [0.4, 0.5) is 5.82 Å². The van der Waals surface area contributed by atoms with Gasteiger partial charge in [-0.05, 0) is 61.2 Å². The number of carbonyl (C=O) groups excluding carboxylic acids is 1. The van der Waals surface area contributed by atoms with Gasteiger partial charge in [0.05, 0.1) is 23.4 Å². The highest BCUT2D eigenvalue weighted by atomic mass is 16.5. The van der Waals surface area contributed by atoms with Gasteiger partial charge in [-0.3, -0.25) is 9.47 Å². The lowest BCUT2D eigenvalue weighted by atomic mass is 10.00. The van der Waals surface area contributed by atoms with Gasteiger partial charge in [0.25, 0.3) is 0 Å². The Kier molecular flexibility index (Phi) is 12.2. The predicted molar refractivity (Wildman–Crippen MR) is 204 cm³/mol. The zero-order valence-electron chi connectivity index (χ0n) is 29.8. The van der Waals surface area contributed by atoms with Crippen molar-refractivity contribution < 1.29 is 9.53 Å². The van der Waals surface area contributed by atoms with Crippen molar-refractivity contribution >= 4 is 23.0 Å². The fraction of sp³-hybridized carbons (Fsp3) is 0.317. The molecule has 3 aromatic heterocycles. The number of fused-ring (bicyclic) bond motifs is 1. The highest BCUT2D eigenvalue weighted by Gasteiger charge is 2.29. The Morgan fingerprint density at radius 1 is 0.860 bits per heavy atom. The van der Waals surface area contributed by atoms with Crippen LogP contribution in [0.3, 0.4) is 0 Å². The number of aromatic nitrogens is 4. The molecule has 2 aromatic carbocycles. The van der Waals surface area contributed by atoms with E-state index < -0.39 is 0 Å². The summed E-state index contributed by atoms with van der Waals surface area (Å²) in [6, 6.07) is 27.0. The normalized spacial score (nSPS) is 15.7. The van der Waals surface area contributed by atoms with Crippen molar-refractivity contribution in [2.45, 2.75) is 59.5 Å². The molecule has 5 heterocycles. The number of ether oxygens (including phenoxy) is 1. The molecular weight excluding hydrogens is 622 g/mol. The van der Waals surface area contributed by atoms with Gasteiger partial charge >= 0.3 is 5.97 Å². The van der Waals surface area contributed by atoms with Crippen LogP contribution in [0.2, 0.25) is 0 Å². The molecule has 0 spiro atoms. The van der Waals surface area contributed by atoms with E-state index in [0.29, 0.717) is 35.6 Å². The first kappa shape index (κ1) is 36.0. The average Bonchev–Trinajstić information content (AvgIpc) is 3.55. The van der Waals surface area contributed by atoms with Crippen LogP contribution < -0.4 is 5.73 Å². The van der Waals surface area contributed by atoms with Crippen LogP contribution in [0.1, 0.15) is 52.5 Å². The summed E-state index contributed by atoms with van der Waals surface area (Å²) in [6.45, 7) is 20.2. The number of nitrogen functional groups attached to an aromatic ring is 1. The Hall–Kier alpha value is -5.28. The number of likely N-dealkylation sites (tertiary alicyclic amines) is 1. The SMILES string of the molecule is C=C1C(=C)N(C2CCN(Cc3ccc(-n4c(-c5cccnc5N)nc5ccc(-c6ccccc6)nc54)cc3)CC2)CCCOC1=O.CC.CC. The maximum Gasteiger partial charge on any atom is 0.339 e. The van der Waals surface area contributed by atoms with E-state index in [9.17, 15) is 4.79 Å². The van der Waals surface area contributed by atoms with E-state index in [2.05, 4.69) is 68.9 Å². The number of carbonyl (C=O) groups is 1. The van der Waals surface area contributed by atoms with E-state index in [1.54, 1.807) is 6.20 Å². The third kappa shape index (κ3) is 7.79. The quantitative estimate of drug-likeness (QED) is 0.143. The van der Waals surface area contributed by atoms with E-state index in [1.807, 2.05) is 70.2 Å². The molecule has 2 fully saturated rings. The monoisotopic (exact) mass is 671 g/mol.